The number of methoxy groups -OCH3 is 1. The molecule has 5 nitrogen and oxygen atoms in total. The van der Waals surface area contributed by atoms with Crippen LogP contribution in [0.1, 0.15) is 93.3 Å². The van der Waals surface area contributed by atoms with Crippen LogP contribution in [0.5, 0.6) is 0 Å². The summed E-state index contributed by atoms with van der Waals surface area (Å²) in [5.74, 6) is -0.674. The number of carbonyl (C=O) groups is 3. The van der Waals surface area contributed by atoms with Crippen LogP contribution in [-0.4, -0.2) is 29.8 Å². The molecule has 33 heavy (non-hydrogen) atoms. The average Bonchev–Trinajstić information content (AvgIpc) is 3.16. The van der Waals surface area contributed by atoms with E-state index in [1.54, 1.807) is 18.2 Å². The predicted octanol–water partition coefficient (Wildman–Crippen LogP) is 6.15. The van der Waals surface area contributed by atoms with Crippen LogP contribution in [0.25, 0.3) is 11.1 Å². The number of ether oxygens (including phenoxy) is 1. The highest BCUT2D eigenvalue weighted by molar-refractivity contribution is 6.22. The van der Waals surface area contributed by atoms with Crippen molar-refractivity contribution in [3.63, 3.8) is 0 Å². The number of hydrogen-bond donors (Lipinski definition) is 0. The van der Waals surface area contributed by atoms with Crippen molar-refractivity contribution in [1.29, 1.82) is 0 Å². The first kappa shape index (κ1) is 22.7. The van der Waals surface area contributed by atoms with Crippen molar-refractivity contribution < 1.29 is 19.1 Å². The summed E-state index contributed by atoms with van der Waals surface area (Å²) in [7, 11) is 1.36. The molecule has 2 amide bonds. The van der Waals surface area contributed by atoms with Gasteiger partial charge in [0.15, 0.2) is 0 Å². The molecule has 0 N–H and O–H groups in total. The van der Waals surface area contributed by atoms with Crippen molar-refractivity contribution in [2.24, 2.45) is 0 Å². The molecule has 0 aromatic heterocycles. The second-order valence-electron chi connectivity index (χ2n) is 8.94. The summed E-state index contributed by atoms with van der Waals surface area (Å²) in [5, 5.41) is 0. The van der Waals surface area contributed by atoms with Crippen LogP contribution < -0.4 is 0 Å². The summed E-state index contributed by atoms with van der Waals surface area (Å²) < 4.78 is 5.05. The fourth-order valence-corrected chi connectivity index (χ4v) is 4.78. The van der Waals surface area contributed by atoms with E-state index in [0.717, 1.165) is 34.2 Å². The van der Waals surface area contributed by atoms with Crippen molar-refractivity contribution in [3.05, 3.63) is 81.9 Å². The number of benzene rings is 1. The number of esters is 1. The van der Waals surface area contributed by atoms with Gasteiger partial charge >= 0.3 is 5.97 Å². The zero-order valence-corrected chi connectivity index (χ0v) is 19.8. The zero-order chi connectivity index (χ0) is 23.9. The van der Waals surface area contributed by atoms with Crippen molar-refractivity contribution in [3.8, 4) is 11.1 Å². The van der Waals surface area contributed by atoms with Gasteiger partial charge in [-0.25, -0.2) is 4.79 Å². The molecule has 4 rings (SSSR count). The van der Waals surface area contributed by atoms with Gasteiger partial charge in [0.25, 0.3) is 11.8 Å². The van der Waals surface area contributed by atoms with E-state index in [0.29, 0.717) is 29.0 Å². The lowest BCUT2D eigenvalue weighted by atomic mass is 9.98. The minimum absolute atomic E-state index is 0.274. The monoisotopic (exact) mass is 443 g/mol. The molecule has 1 heterocycles. The maximum absolute atomic E-state index is 13.5. The lowest BCUT2D eigenvalue weighted by Crippen LogP contribution is -2.34. The van der Waals surface area contributed by atoms with E-state index >= 15 is 0 Å². The lowest BCUT2D eigenvalue weighted by Gasteiger charge is -2.26. The number of rotatable bonds is 6. The highest BCUT2D eigenvalue weighted by atomic mass is 16.5. The van der Waals surface area contributed by atoms with Gasteiger partial charge in [0, 0.05) is 0 Å². The molecular weight excluding hydrogens is 414 g/mol. The molecule has 5 heteroatoms. The SMILES string of the molecule is CCCC(c1cc(C(=O)OC)c2ccc(C(C)C)ccc1-2)N1C(=O)c2cccc(C)c2C1=O. The smallest absolute Gasteiger partial charge is 0.338 e. The van der Waals surface area contributed by atoms with Gasteiger partial charge in [-0.2, -0.15) is 0 Å². The first-order valence-electron chi connectivity index (χ1n) is 11.4. The Bertz CT molecular complexity index is 1230. The summed E-state index contributed by atoms with van der Waals surface area (Å²) in [6.45, 7) is 8.11. The third-order valence-electron chi connectivity index (χ3n) is 6.54. The minimum Gasteiger partial charge on any atom is -0.465 e. The maximum Gasteiger partial charge on any atom is 0.338 e. The van der Waals surface area contributed by atoms with Crippen LogP contribution in [0.4, 0.5) is 0 Å². The second-order valence-corrected chi connectivity index (χ2v) is 8.94. The Hall–Kier alpha value is -3.47. The van der Waals surface area contributed by atoms with Crippen molar-refractivity contribution in [1.82, 2.24) is 4.90 Å². The summed E-state index contributed by atoms with van der Waals surface area (Å²) >= 11 is 0. The van der Waals surface area contributed by atoms with Gasteiger partial charge < -0.3 is 4.74 Å². The van der Waals surface area contributed by atoms with E-state index in [2.05, 4.69) is 13.8 Å². The molecule has 0 spiro atoms. The first-order chi connectivity index (χ1) is 15.8. The molecule has 1 atom stereocenters. The van der Waals surface area contributed by atoms with Gasteiger partial charge in [0.2, 0.25) is 0 Å². The molecule has 1 aliphatic heterocycles. The summed E-state index contributed by atoms with van der Waals surface area (Å²) in [5.41, 5.74) is 5.70. The quantitative estimate of drug-likeness (QED) is 0.339. The van der Waals surface area contributed by atoms with E-state index in [9.17, 15) is 14.4 Å². The van der Waals surface area contributed by atoms with E-state index in [1.165, 1.54) is 12.0 Å². The van der Waals surface area contributed by atoms with Crippen molar-refractivity contribution in [2.75, 3.05) is 7.11 Å². The molecule has 3 aliphatic rings. The van der Waals surface area contributed by atoms with Crippen LogP contribution in [0, 0.1) is 6.92 Å². The van der Waals surface area contributed by atoms with Gasteiger partial charge in [0.05, 0.1) is 29.8 Å². The fourth-order valence-electron chi connectivity index (χ4n) is 4.78. The number of imide groups is 1. The number of fused-ring (bicyclic) bond motifs is 2. The minimum atomic E-state index is -0.479. The number of aryl methyl sites for hydroxylation is 1. The van der Waals surface area contributed by atoms with E-state index < -0.39 is 12.0 Å². The average molecular weight is 444 g/mol. The Morgan fingerprint density at radius 2 is 1.67 bits per heavy atom. The standard InChI is InChI=1S/C28H29NO4/c1-6-8-24(29-26(30)21-10-7-9-17(4)25(21)27(29)31)22-15-23(28(32)33-5)20-14-12-18(16(2)3)11-13-19(20)22/h7,9-16,24H,6,8H2,1-5H3. The lowest BCUT2D eigenvalue weighted by molar-refractivity contribution is 0.0572. The molecular formula is C28H29NO4. The first-order valence-corrected chi connectivity index (χ1v) is 11.4. The largest absolute Gasteiger partial charge is 0.465 e. The molecule has 1 unspecified atom stereocenters. The predicted molar refractivity (Wildman–Crippen MR) is 128 cm³/mol. The van der Waals surface area contributed by atoms with Crippen LogP contribution in [0.3, 0.4) is 0 Å². The van der Waals surface area contributed by atoms with Crippen LogP contribution >= 0.6 is 0 Å². The topological polar surface area (TPSA) is 63.7 Å². The zero-order valence-electron chi connectivity index (χ0n) is 19.8. The highest BCUT2D eigenvalue weighted by Gasteiger charge is 2.42. The molecule has 1 aromatic carbocycles. The Morgan fingerprint density at radius 1 is 0.970 bits per heavy atom. The Labute approximate surface area is 194 Å². The van der Waals surface area contributed by atoms with Crippen molar-refractivity contribution >= 4 is 17.8 Å². The molecule has 0 bridgehead atoms. The molecule has 0 saturated carbocycles. The molecule has 2 aliphatic carbocycles. The highest BCUT2D eigenvalue weighted by Crippen LogP contribution is 2.43. The number of amides is 2. The third kappa shape index (κ3) is 3.71. The Balaban J connectivity index is 1.91. The van der Waals surface area contributed by atoms with Crippen LogP contribution in [0.15, 0.2) is 48.5 Å². The van der Waals surface area contributed by atoms with Gasteiger partial charge in [-0.05, 0) is 59.2 Å². The van der Waals surface area contributed by atoms with E-state index in [1.807, 2.05) is 44.2 Å². The maximum atomic E-state index is 13.5. The van der Waals surface area contributed by atoms with Crippen LogP contribution in [0.2, 0.25) is 0 Å². The molecule has 170 valence electrons. The van der Waals surface area contributed by atoms with E-state index in [-0.39, 0.29) is 11.8 Å². The molecule has 0 radical (unpaired) electrons. The van der Waals surface area contributed by atoms with Gasteiger partial charge in [-0.1, -0.05) is 63.6 Å². The van der Waals surface area contributed by atoms with Crippen molar-refractivity contribution in [2.45, 2.75) is 52.5 Å². The fraction of sp³-hybridized carbons (Fsp3) is 0.321. The summed E-state index contributed by atoms with van der Waals surface area (Å²) in [6.07, 6.45) is 1.37. The van der Waals surface area contributed by atoms with Gasteiger partial charge in [0.1, 0.15) is 0 Å². The Kier molecular flexibility index (Phi) is 6.07. The number of hydrogen-bond acceptors (Lipinski definition) is 4. The molecule has 0 saturated heterocycles. The van der Waals surface area contributed by atoms with Gasteiger partial charge in [-0.3, -0.25) is 14.5 Å². The molecule has 1 aromatic rings. The molecule has 0 fully saturated rings. The summed E-state index contributed by atoms with van der Waals surface area (Å²) in [4.78, 5) is 40.9. The normalized spacial score (nSPS) is 14.2. The van der Waals surface area contributed by atoms with Crippen LogP contribution in [-0.2, 0) is 4.74 Å². The van der Waals surface area contributed by atoms with E-state index in [4.69, 9.17) is 4.74 Å². The number of carbonyl (C=O) groups excluding carboxylic acids is 3. The van der Waals surface area contributed by atoms with Gasteiger partial charge in [-0.15, -0.1) is 0 Å². The third-order valence-corrected chi connectivity index (χ3v) is 6.54. The second kappa shape index (κ2) is 8.81. The number of nitrogens with zero attached hydrogens (tertiary/aromatic N) is 1. The Morgan fingerprint density at radius 3 is 2.27 bits per heavy atom. The summed E-state index contributed by atoms with van der Waals surface area (Å²) in [6, 6.07) is 14.7.